The summed E-state index contributed by atoms with van der Waals surface area (Å²) in [7, 11) is -3.67. The van der Waals surface area contributed by atoms with Crippen LogP contribution in [-0.4, -0.2) is 18.7 Å². The Hall–Kier alpha value is -2.40. The van der Waals surface area contributed by atoms with Gasteiger partial charge in [-0.25, -0.2) is 12.4 Å². The SMILES string of the molecule is Cc1c(C)n(S(=O)(=O)c2ccccc2)c2ccc(C=O)cc12. The van der Waals surface area contributed by atoms with Crippen LogP contribution in [0.2, 0.25) is 0 Å². The number of carbonyl (C=O) groups is 1. The topological polar surface area (TPSA) is 56.1 Å². The number of hydrogen-bond acceptors (Lipinski definition) is 3. The summed E-state index contributed by atoms with van der Waals surface area (Å²) in [6.07, 6.45) is 0.761. The fraction of sp³-hybridized carbons (Fsp3) is 0.118. The molecule has 4 nitrogen and oxygen atoms in total. The average molecular weight is 313 g/mol. The summed E-state index contributed by atoms with van der Waals surface area (Å²) >= 11 is 0. The molecule has 0 bridgehead atoms. The Morgan fingerprint density at radius 3 is 2.32 bits per heavy atom. The van der Waals surface area contributed by atoms with Crippen molar-refractivity contribution in [2.45, 2.75) is 18.7 Å². The molecule has 0 aliphatic carbocycles. The molecule has 1 aromatic heterocycles. The van der Waals surface area contributed by atoms with E-state index in [-0.39, 0.29) is 4.90 Å². The van der Waals surface area contributed by atoms with E-state index in [2.05, 4.69) is 0 Å². The monoisotopic (exact) mass is 313 g/mol. The van der Waals surface area contributed by atoms with Crippen LogP contribution in [0.1, 0.15) is 21.6 Å². The van der Waals surface area contributed by atoms with E-state index in [4.69, 9.17) is 0 Å². The molecule has 112 valence electrons. The van der Waals surface area contributed by atoms with Crippen LogP contribution in [0.4, 0.5) is 0 Å². The standard InChI is InChI=1S/C17H15NO3S/c1-12-13(2)18(17-9-8-14(11-19)10-16(12)17)22(20,21)15-6-4-3-5-7-15/h3-11H,1-2H3. The summed E-state index contributed by atoms with van der Waals surface area (Å²) in [5, 5.41) is 0.779. The summed E-state index contributed by atoms with van der Waals surface area (Å²) in [5.41, 5.74) is 2.63. The maximum absolute atomic E-state index is 12.9. The first-order chi connectivity index (χ1) is 10.5. The van der Waals surface area contributed by atoms with E-state index in [1.807, 2.05) is 6.92 Å². The van der Waals surface area contributed by atoms with Crippen molar-refractivity contribution in [3.8, 4) is 0 Å². The van der Waals surface area contributed by atoms with Crippen molar-refractivity contribution >= 4 is 27.2 Å². The van der Waals surface area contributed by atoms with Crippen molar-refractivity contribution in [1.29, 1.82) is 0 Å². The fourth-order valence-corrected chi connectivity index (χ4v) is 4.27. The number of benzene rings is 2. The number of carbonyl (C=O) groups excluding carboxylic acids is 1. The van der Waals surface area contributed by atoms with Crippen LogP contribution in [0.3, 0.4) is 0 Å². The third-order valence-corrected chi connectivity index (χ3v) is 5.73. The summed E-state index contributed by atoms with van der Waals surface area (Å²) in [6.45, 7) is 3.64. The lowest BCUT2D eigenvalue weighted by atomic mass is 10.1. The van der Waals surface area contributed by atoms with Gasteiger partial charge < -0.3 is 0 Å². The van der Waals surface area contributed by atoms with Gasteiger partial charge in [0.05, 0.1) is 10.4 Å². The van der Waals surface area contributed by atoms with E-state index in [1.54, 1.807) is 55.5 Å². The third-order valence-electron chi connectivity index (χ3n) is 3.91. The van der Waals surface area contributed by atoms with E-state index in [9.17, 15) is 13.2 Å². The van der Waals surface area contributed by atoms with Crippen LogP contribution in [0.5, 0.6) is 0 Å². The molecule has 0 aliphatic heterocycles. The highest BCUT2D eigenvalue weighted by molar-refractivity contribution is 7.90. The minimum atomic E-state index is -3.67. The third kappa shape index (κ3) is 2.05. The van der Waals surface area contributed by atoms with Gasteiger partial charge in [0.2, 0.25) is 0 Å². The number of aldehydes is 1. The second-order valence-corrected chi connectivity index (χ2v) is 6.97. The zero-order valence-corrected chi connectivity index (χ0v) is 13.1. The molecule has 3 rings (SSSR count). The first-order valence-corrected chi connectivity index (χ1v) is 8.28. The minimum absolute atomic E-state index is 0.245. The average Bonchev–Trinajstić information content (AvgIpc) is 2.79. The van der Waals surface area contributed by atoms with Gasteiger partial charge >= 0.3 is 0 Å². The van der Waals surface area contributed by atoms with Gasteiger partial charge in [-0.3, -0.25) is 4.79 Å². The largest absolute Gasteiger partial charge is 0.298 e. The van der Waals surface area contributed by atoms with Crippen LogP contribution in [0.15, 0.2) is 53.4 Å². The summed E-state index contributed by atoms with van der Waals surface area (Å²) in [6, 6.07) is 13.4. The normalized spacial score (nSPS) is 11.7. The summed E-state index contributed by atoms with van der Waals surface area (Å²) in [4.78, 5) is 11.2. The Balaban J connectivity index is 2.37. The van der Waals surface area contributed by atoms with Gasteiger partial charge in [0.25, 0.3) is 10.0 Å². The number of fused-ring (bicyclic) bond motifs is 1. The van der Waals surface area contributed by atoms with Crippen molar-refractivity contribution in [1.82, 2.24) is 3.97 Å². The van der Waals surface area contributed by atoms with Gasteiger partial charge in [-0.1, -0.05) is 18.2 Å². The highest BCUT2D eigenvalue weighted by Crippen LogP contribution is 2.29. The Bertz CT molecular complexity index is 970. The number of nitrogens with zero attached hydrogens (tertiary/aromatic N) is 1. The van der Waals surface area contributed by atoms with Crippen LogP contribution in [0.25, 0.3) is 10.9 Å². The molecule has 3 aromatic rings. The van der Waals surface area contributed by atoms with Crippen LogP contribution in [0, 0.1) is 13.8 Å². The molecule has 0 unspecified atom stereocenters. The van der Waals surface area contributed by atoms with Gasteiger partial charge in [-0.05, 0) is 49.7 Å². The molecule has 0 saturated carbocycles. The molecule has 0 aliphatic rings. The Morgan fingerprint density at radius 1 is 1.00 bits per heavy atom. The minimum Gasteiger partial charge on any atom is -0.298 e. The van der Waals surface area contributed by atoms with Crippen LogP contribution >= 0.6 is 0 Å². The molecular formula is C17H15NO3S. The van der Waals surface area contributed by atoms with Gasteiger partial charge in [0, 0.05) is 16.6 Å². The molecule has 0 atom stereocenters. The molecule has 0 fully saturated rings. The molecule has 0 saturated heterocycles. The fourth-order valence-electron chi connectivity index (χ4n) is 2.64. The van der Waals surface area contributed by atoms with E-state index >= 15 is 0 Å². The Morgan fingerprint density at radius 2 is 1.68 bits per heavy atom. The maximum Gasteiger partial charge on any atom is 0.268 e. The number of hydrogen-bond donors (Lipinski definition) is 0. The zero-order chi connectivity index (χ0) is 15.9. The summed E-state index contributed by atoms with van der Waals surface area (Å²) < 4.78 is 27.2. The van der Waals surface area contributed by atoms with Crippen LogP contribution in [-0.2, 0) is 10.0 Å². The first-order valence-electron chi connectivity index (χ1n) is 6.84. The van der Waals surface area contributed by atoms with Crippen molar-refractivity contribution in [3.05, 3.63) is 65.4 Å². The van der Waals surface area contributed by atoms with Gasteiger partial charge in [0.15, 0.2) is 0 Å². The molecule has 0 amide bonds. The molecule has 1 heterocycles. The van der Waals surface area contributed by atoms with Gasteiger partial charge in [-0.15, -0.1) is 0 Å². The maximum atomic E-state index is 12.9. The van der Waals surface area contributed by atoms with E-state index in [0.29, 0.717) is 16.8 Å². The number of aromatic nitrogens is 1. The smallest absolute Gasteiger partial charge is 0.268 e. The Kier molecular flexibility index (Phi) is 3.37. The number of rotatable bonds is 3. The highest BCUT2D eigenvalue weighted by Gasteiger charge is 2.23. The van der Waals surface area contributed by atoms with Crippen molar-refractivity contribution in [2.75, 3.05) is 0 Å². The zero-order valence-electron chi connectivity index (χ0n) is 12.3. The second-order valence-electron chi connectivity index (χ2n) is 5.19. The van der Waals surface area contributed by atoms with Crippen molar-refractivity contribution in [2.24, 2.45) is 0 Å². The molecular weight excluding hydrogens is 298 g/mol. The Labute approximate surface area is 129 Å². The predicted molar refractivity (Wildman–Crippen MR) is 85.8 cm³/mol. The van der Waals surface area contributed by atoms with Gasteiger partial charge in [-0.2, -0.15) is 0 Å². The van der Waals surface area contributed by atoms with Gasteiger partial charge in [0.1, 0.15) is 6.29 Å². The number of aryl methyl sites for hydroxylation is 1. The molecule has 0 spiro atoms. The van der Waals surface area contributed by atoms with E-state index in [1.165, 1.54) is 3.97 Å². The lowest BCUT2D eigenvalue weighted by Crippen LogP contribution is -2.14. The molecule has 0 N–H and O–H groups in total. The quantitative estimate of drug-likeness (QED) is 0.697. The predicted octanol–water partition coefficient (Wildman–Crippen LogP) is 3.31. The highest BCUT2D eigenvalue weighted by atomic mass is 32.2. The van der Waals surface area contributed by atoms with Crippen LogP contribution < -0.4 is 0 Å². The molecule has 22 heavy (non-hydrogen) atoms. The summed E-state index contributed by atoms with van der Waals surface area (Å²) in [5.74, 6) is 0. The second kappa shape index (κ2) is 5.10. The van der Waals surface area contributed by atoms with E-state index < -0.39 is 10.0 Å². The lowest BCUT2D eigenvalue weighted by Gasteiger charge is -2.10. The van der Waals surface area contributed by atoms with Crippen molar-refractivity contribution < 1.29 is 13.2 Å². The first kappa shape index (κ1) is 14.5. The van der Waals surface area contributed by atoms with Crippen molar-refractivity contribution in [3.63, 3.8) is 0 Å². The molecule has 5 heteroatoms. The lowest BCUT2D eigenvalue weighted by molar-refractivity contribution is 0.112. The van der Waals surface area contributed by atoms with E-state index in [0.717, 1.165) is 17.2 Å². The molecule has 2 aromatic carbocycles. The molecule has 0 radical (unpaired) electrons.